The number of hydrogen-bond acceptors (Lipinski definition) is 8. The smallest absolute Gasteiger partial charge is 0.309 e. The number of aromatic nitrogens is 1. The van der Waals surface area contributed by atoms with Crippen LogP contribution in [0.1, 0.15) is 70.5 Å². The van der Waals surface area contributed by atoms with E-state index in [-0.39, 0.29) is 30.3 Å². The first kappa shape index (κ1) is 25.8. The summed E-state index contributed by atoms with van der Waals surface area (Å²) < 4.78 is 11.4. The number of thiazole rings is 1. The van der Waals surface area contributed by atoms with Crippen LogP contribution in [0.3, 0.4) is 0 Å². The average Bonchev–Trinajstić information content (AvgIpc) is 3.35. The highest BCUT2D eigenvalue weighted by Crippen LogP contribution is 2.35. The van der Waals surface area contributed by atoms with Gasteiger partial charge in [-0.25, -0.2) is 4.98 Å². The molecule has 7 atom stereocenters. The molecule has 0 unspecified atom stereocenters. The molecule has 0 spiro atoms. The molecular weight excluding hydrogens is 442 g/mol. The van der Waals surface area contributed by atoms with Gasteiger partial charge < -0.3 is 19.7 Å². The fourth-order valence-corrected chi connectivity index (χ4v) is 4.94. The van der Waals surface area contributed by atoms with Crippen molar-refractivity contribution in [1.82, 2.24) is 4.98 Å². The summed E-state index contributed by atoms with van der Waals surface area (Å²) in [4.78, 5) is 30.1. The summed E-state index contributed by atoms with van der Waals surface area (Å²) >= 11 is 1.50. The summed E-state index contributed by atoms with van der Waals surface area (Å²) in [6.45, 7) is 8.74. The third-order valence-electron chi connectivity index (χ3n) is 6.87. The number of ether oxygens (including phenoxy) is 2. The Morgan fingerprint density at radius 1 is 1.18 bits per heavy atom. The van der Waals surface area contributed by atoms with Gasteiger partial charge in [0.1, 0.15) is 11.5 Å². The molecule has 1 aromatic rings. The Kier molecular flexibility index (Phi) is 8.33. The highest BCUT2D eigenvalue weighted by Gasteiger charge is 2.44. The van der Waals surface area contributed by atoms with E-state index in [0.29, 0.717) is 12.1 Å². The number of aliphatic hydroxyl groups excluding tert-OH is 2. The molecule has 0 radical (unpaired) electrons. The molecule has 3 rings (SSSR count). The highest BCUT2D eigenvalue weighted by molar-refractivity contribution is 7.09. The third-order valence-corrected chi connectivity index (χ3v) is 7.65. The summed E-state index contributed by atoms with van der Waals surface area (Å²) in [7, 11) is 0. The number of cyclic esters (lactones) is 1. The average molecular weight is 478 g/mol. The standard InChI is InChI=1S/C25H35NO6S/c1-14-7-6-8-19-20(32-19)11-18(10-9-17-13-33-16(3)26-17)31-22(28)12-21(27)25(4,5)24(30)15(2)23(14)29/h13-15,18-21,23,27,29H,6-8,11-12H2,1-5H3/t14-,15+,18+,19-,20+,21-,23-/m0/s1. The number of ketones is 1. The first-order valence-electron chi connectivity index (χ1n) is 11.7. The monoisotopic (exact) mass is 477 g/mol. The maximum absolute atomic E-state index is 13.1. The van der Waals surface area contributed by atoms with E-state index in [1.807, 2.05) is 19.2 Å². The minimum Gasteiger partial charge on any atom is -0.449 e. The number of Topliss-reactive ketones (excluding diaryl/α,β-unsaturated/α-hetero) is 1. The molecule has 2 saturated heterocycles. The van der Waals surface area contributed by atoms with E-state index < -0.39 is 35.6 Å². The van der Waals surface area contributed by atoms with Crippen LogP contribution in [-0.4, -0.2) is 57.5 Å². The second-order valence-electron chi connectivity index (χ2n) is 9.94. The summed E-state index contributed by atoms with van der Waals surface area (Å²) in [5, 5.41) is 24.2. The SMILES string of the molecule is Cc1nc(C#C[C@@H]2C[C@H]3O[C@H]3CCC[C@H](C)[C@H](O)[C@@H](C)C(=O)C(C)(C)[C@@H](O)CC(=O)O2)cs1. The molecule has 0 aromatic carbocycles. The highest BCUT2D eigenvalue weighted by atomic mass is 32.1. The lowest BCUT2D eigenvalue weighted by molar-refractivity contribution is -0.153. The Morgan fingerprint density at radius 3 is 2.58 bits per heavy atom. The predicted octanol–water partition coefficient (Wildman–Crippen LogP) is 3.04. The first-order valence-corrected chi connectivity index (χ1v) is 12.6. The van der Waals surface area contributed by atoms with E-state index in [9.17, 15) is 19.8 Å². The summed E-state index contributed by atoms with van der Waals surface area (Å²) in [5.41, 5.74) is -0.581. The van der Waals surface area contributed by atoms with Gasteiger partial charge in [0.05, 0.1) is 41.3 Å². The molecular formula is C25H35NO6S. The molecule has 7 nitrogen and oxygen atoms in total. The number of carbonyl (C=O) groups is 2. The van der Waals surface area contributed by atoms with Crippen molar-refractivity contribution in [3.63, 3.8) is 0 Å². The van der Waals surface area contributed by atoms with Crippen LogP contribution >= 0.6 is 11.3 Å². The van der Waals surface area contributed by atoms with Crippen molar-refractivity contribution in [2.45, 2.75) is 97.2 Å². The lowest BCUT2D eigenvalue weighted by atomic mass is 9.73. The zero-order chi connectivity index (χ0) is 24.3. The minimum absolute atomic E-state index is 0.0377. The minimum atomic E-state index is -1.24. The Bertz CT molecular complexity index is 915. The summed E-state index contributed by atoms with van der Waals surface area (Å²) in [5.74, 6) is 4.36. The van der Waals surface area contributed by atoms with Gasteiger partial charge in [-0.05, 0) is 31.6 Å². The van der Waals surface area contributed by atoms with Crippen molar-refractivity contribution in [2.24, 2.45) is 17.3 Å². The Balaban J connectivity index is 1.78. The number of rotatable bonds is 0. The van der Waals surface area contributed by atoms with Gasteiger partial charge in [0.15, 0.2) is 6.10 Å². The van der Waals surface area contributed by atoms with E-state index in [2.05, 4.69) is 16.8 Å². The van der Waals surface area contributed by atoms with E-state index in [0.717, 1.165) is 24.3 Å². The van der Waals surface area contributed by atoms with Gasteiger partial charge in [-0.1, -0.05) is 40.0 Å². The number of esters is 1. The second kappa shape index (κ2) is 10.6. The first-order chi connectivity index (χ1) is 15.5. The number of hydrogen-bond donors (Lipinski definition) is 2. The van der Waals surface area contributed by atoms with Crippen LogP contribution in [0.5, 0.6) is 0 Å². The molecule has 3 heterocycles. The van der Waals surface area contributed by atoms with Gasteiger partial charge in [-0.15, -0.1) is 11.3 Å². The van der Waals surface area contributed by atoms with Crippen LogP contribution in [-0.2, 0) is 19.1 Å². The van der Waals surface area contributed by atoms with Crippen molar-refractivity contribution >= 4 is 23.1 Å². The van der Waals surface area contributed by atoms with Gasteiger partial charge in [0.25, 0.3) is 0 Å². The largest absolute Gasteiger partial charge is 0.449 e. The zero-order valence-corrected chi connectivity index (χ0v) is 20.9. The van der Waals surface area contributed by atoms with Crippen molar-refractivity contribution in [1.29, 1.82) is 0 Å². The number of aryl methyl sites for hydroxylation is 1. The molecule has 0 saturated carbocycles. The van der Waals surface area contributed by atoms with Gasteiger partial charge in [0.2, 0.25) is 0 Å². The van der Waals surface area contributed by atoms with Crippen LogP contribution in [0, 0.1) is 36.0 Å². The van der Waals surface area contributed by atoms with E-state index in [4.69, 9.17) is 9.47 Å². The number of epoxide rings is 1. The lowest BCUT2D eigenvalue weighted by Gasteiger charge is -2.34. The van der Waals surface area contributed by atoms with Crippen molar-refractivity contribution in [2.75, 3.05) is 0 Å². The maximum atomic E-state index is 13.1. The molecule has 0 bridgehead atoms. The Hall–Kier alpha value is -1.79. The van der Waals surface area contributed by atoms with E-state index in [1.54, 1.807) is 20.8 Å². The van der Waals surface area contributed by atoms with E-state index >= 15 is 0 Å². The van der Waals surface area contributed by atoms with Crippen LogP contribution in [0.25, 0.3) is 0 Å². The molecule has 182 valence electrons. The molecule has 2 aliphatic heterocycles. The Morgan fingerprint density at radius 2 is 1.91 bits per heavy atom. The van der Waals surface area contributed by atoms with Gasteiger partial charge in [-0.3, -0.25) is 9.59 Å². The van der Waals surface area contributed by atoms with Crippen molar-refractivity contribution in [3.05, 3.63) is 16.1 Å². The number of aliphatic hydroxyl groups is 2. The van der Waals surface area contributed by atoms with E-state index in [1.165, 1.54) is 11.3 Å². The molecule has 33 heavy (non-hydrogen) atoms. The normalized spacial score (nSPS) is 35.7. The van der Waals surface area contributed by atoms with Crippen LogP contribution in [0.15, 0.2) is 5.38 Å². The van der Waals surface area contributed by atoms with Crippen LogP contribution in [0.4, 0.5) is 0 Å². The van der Waals surface area contributed by atoms with Gasteiger partial charge >= 0.3 is 5.97 Å². The zero-order valence-electron chi connectivity index (χ0n) is 20.0. The third kappa shape index (κ3) is 6.63. The molecule has 2 aliphatic rings. The fourth-order valence-electron chi connectivity index (χ4n) is 4.39. The summed E-state index contributed by atoms with van der Waals surface area (Å²) in [6, 6.07) is 0. The predicted molar refractivity (Wildman–Crippen MR) is 124 cm³/mol. The molecule has 0 aliphatic carbocycles. The number of nitrogens with zero attached hydrogens (tertiary/aromatic N) is 1. The van der Waals surface area contributed by atoms with Crippen LogP contribution < -0.4 is 0 Å². The van der Waals surface area contributed by atoms with Crippen LogP contribution in [0.2, 0.25) is 0 Å². The molecule has 1 aromatic heterocycles. The summed E-state index contributed by atoms with van der Waals surface area (Å²) in [6.07, 6.45) is -0.110. The van der Waals surface area contributed by atoms with Gasteiger partial charge in [0, 0.05) is 17.7 Å². The number of carbonyl (C=O) groups excluding carboxylic acids is 2. The van der Waals surface area contributed by atoms with Crippen molar-refractivity contribution in [3.8, 4) is 11.8 Å². The number of fused-ring (bicyclic) bond motifs is 1. The van der Waals surface area contributed by atoms with Crippen molar-refractivity contribution < 1.29 is 29.3 Å². The molecule has 0 amide bonds. The topological polar surface area (TPSA) is 109 Å². The molecule has 8 heteroatoms. The Labute approximate surface area is 199 Å². The molecule has 2 N–H and O–H groups in total. The lowest BCUT2D eigenvalue weighted by Crippen LogP contribution is -2.45. The fraction of sp³-hybridized carbons (Fsp3) is 0.720. The quantitative estimate of drug-likeness (QED) is 0.336. The molecule has 2 fully saturated rings. The maximum Gasteiger partial charge on any atom is 0.309 e. The second-order valence-corrected chi connectivity index (χ2v) is 11.0. The van der Waals surface area contributed by atoms with Gasteiger partial charge in [-0.2, -0.15) is 0 Å².